The van der Waals surface area contributed by atoms with Crippen LogP contribution in [-0.4, -0.2) is 124 Å². The van der Waals surface area contributed by atoms with E-state index in [4.69, 9.17) is 24.4 Å². The minimum atomic E-state index is -1.66. The Morgan fingerprint density at radius 3 is 2.35 bits per heavy atom. The van der Waals surface area contributed by atoms with Crippen LogP contribution in [0.15, 0.2) is 0 Å². The molecule has 8 atom stereocenters. The summed E-state index contributed by atoms with van der Waals surface area (Å²) in [6.45, 7) is -2.31. The van der Waals surface area contributed by atoms with Gasteiger partial charge in [0.1, 0.15) is 43.2 Å². The highest BCUT2D eigenvalue weighted by Gasteiger charge is 2.45. The van der Waals surface area contributed by atoms with Gasteiger partial charge in [-0.15, -0.1) is 0 Å². The van der Waals surface area contributed by atoms with Crippen LogP contribution in [0, 0.1) is 0 Å². The second-order valence-corrected chi connectivity index (χ2v) is 5.83. The quantitative estimate of drug-likeness (QED) is 0.179. The van der Waals surface area contributed by atoms with E-state index in [1.54, 1.807) is 0 Å². The summed E-state index contributed by atoms with van der Waals surface area (Å²) in [5.41, 5.74) is 0. The molecular formula is C14H27NO11. The maximum atomic E-state index is 11.7. The van der Waals surface area contributed by atoms with E-state index >= 15 is 0 Å². The number of ether oxygens (including phenoxy) is 3. The van der Waals surface area contributed by atoms with Crippen molar-refractivity contribution in [1.82, 2.24) is 5.32 Å². The molecule has 12 nitrogen and oxygen atoms in total. The van der Waals surface area contributed by atoms with Gasteiger partial charge in [-0.2, -0.15) is 0 Å². The molecule has 8 unspecified atom stereocenters. The monoisotopic (exact) mass is 385 g/mol. The summed E-state index contributed by atoms with van der Waals surface area (Å²) in [6.07, 6.45) is -11.0. The first-order valence-corrected chi connectivity index (χ1v) is 7.95. The van der Waals surface area contributed by atoms with Crippen LogP contribution >= 0.6 is 0 Å². The molecule has 1 fully saturated rings. The number of amides is 1. The number of aliphatic hydroxyl groups is 7. The first-order valence-electron chi connectivity index (χ1n) is 7.95. The van der Waals surface area contributed by atoms with Crippen molar-refractivity contribution < 1.29 is 54.8 Å². The first kappa shape index (κ1) is 23.1. The molecule has 0 saturated carbocycles. The number of carbonyl (C=O) groups is 1. The molecular weight excluding hydrogens is 358 g/mol. The van der Waals surface area contributed by atoms with Crippen molar-refractivity contribution >= 4 is 5.91 Å². The summed E-state index contributed by atoms with van der Waals surface area (Å²) in [5.74, 6) is -0.743. The van der Waals surface area contributed by atoms with Gasteiger partial charge in [0, 0.05) is 13.7 Å². The Hall–Kier alpha value is -0.930. The zero-order valence-electron chi connectivity index (χ0n) is 14.2. The third kappa shape index (κ3) is 6.06. The third-order valence-corrected chi connectivity index (χ3v) is 3.98. The van der Waals surface area contributed by atoms with Crippen molar-refractivity contribution in [3.8, 4) is 0 Å². The van der Waals surface area contributed by atoms with Gasteiger partial charge < -0.3 is 55.3 Å². The lowest BCUT2D eigenvalue weighted by molar-refractivity contribution is -0.298. The van der Waals surface area contributed by atoms with Crippen molar-refractivity contribution in [2.45, 2.75) is 49.0 Å². The van der Waals surface area contributed by atoms with E-state index in [9.17, 15) is 30.3 Å². The fourth-order valence-electron chi connectivity index (χ4n) is 2.46. The van der Waals surface area contributed by atoms with E-state index in [1.165, 1.54) is 7.11 Å². The van der Waals surface area contributed by atoms with E-state index < -0.39 is 81.3 Å². The molecule has 26 heavy (non-hydrogen) atoms. The predicted octanol–water partition coefficient (Wildman–Crippen LogP) is -5.35. The van der Waals surface area contributed by atoms with Crippen LogP contribution in [0.4, 0.5) is 0 Å². The van der Waals surface area contributed by atoms with Crippen LogP contribution in [0.3, 0.4) is 0 Å². The summed E-state index contributed by atoms with van der Waals surface area (Å²) < 4.78 is 15.2. The second kappa shape index (κ2) is 11.0. The van der Waals surface area contributed by atoms with Crippen molar-refractivity contribution in [3.05, 3.63) is 0 Å². The van der Waals surface area contributed by atoms with Gasteiger partial charge in [0.05, 0.1) is 19.3 Å². The summed E-state index contributed by atoms with van der Waals surface area (Å²) in [5, 5.41) is 68.2. The van der Waals surface area contributed by atoms with E-state index in [2.05, 4.69) is 5.32 Å². The Bertz CT molecular complexity index is 426. The number of hydrogen-bond donors (Lipinski definition) is 8. The van der Waals surface area contributed by atoms with Crippen LogP contribution in [0.1, 0.15) is 0 Å². The normalized spacial score (nSPS) is 32.7. The molecule has 0 aromatic carbocycles. The summed E-state index contributed by atoms with van der Waals surface area (Å²) in [4.78, 5) is 11.7. The van der Waals surface area contributed by atoms with Crippen LogP contribution in [0.5, 0.6) is 0 Å². The number of aliphatic hydroxyl groups excluding tert-OH is 7. The van der Waals surface area contributed by atoms with Crippen molar-refractivity contribution in [3.63, 3.8) is 0 Å². The first-order chi connectivity index (χ1) is 12.3. The van der Waals surface area contributed by atoms with Gasteiger partial charge in [-0.05, 0) is 0 Å². The molecule has 1 saturated heterocycles. The molecule has 1 heterocycles. The third-order valence-electron chi connectivity index (χ3n) is 3.98. The number of methoxy groups -OCH3 is 1. The maximum absolute atomic E-state index is 11.7. The Kier molecular flexibility index (Phi) is 9.81. The van der Waals surface area contributed by atoms with Crippen molar-refractivity contribution in [2.24, 2.45) is 0 Å². The van der Waals surface area contributed by atoms with Gasteiger partial charge in [0.15, 0.2) is 6.29 Å². The SMILES string of the molecule is COC1C(CO)OC(O)C(OCC(=O)NCC(O)C(O)C(O)CO)C1O. The zero-order chi connectivity index (χ0) is 19.9. The lowest BCUT2D eigenvalue weighted by atomic mass is 9.99. The zero-order valence-corrected chi connectivity index (χ0v) is 14.2. The molecule has 1 aliphatic rings. The fourth-order valence-corrected chi connectivity index (χ4v) is 2.46. The van der Waals surface area contributed by atoms with Crippen LogP contribution in [0.25, 0.3) is 0 Å². The van der Waals surface area contributed by atoms with Gasteiger partial charge in [-0.1, -0.05) is 0 Å². The van der Waals surface area contributed by atoms with Gasteiger partial charge >= 0.3 is 0 Å². The van der Waals surface area contributed by atoms with E-state index in [0.29, 0.717) is 0 Å². The van der Waals surface area contributed by atoms with Gasteiger partial charge in [-0.25, -0.2) is 0 Å². The molecule has 0 spiro atoms. The summed E-state index contributed by atoms with van der Waals surface area (Å²) >= 11 is 0. The average Bonchev–Trinajstić information content (AvgIpc) is 2.63. The smallest absolute Gasteiger partial charge is 0.246 e. The largest absolute Gasteiger partial charge is 0.394 e. The summed E-state index contributed by atoms with van der Waals surface area (Å²) in [6, 6.07) is 0. The Balaban J connectivity index is 2.46. The molecule has 1 rings (SSSR count). The van der Waals surface area contributed by atoms with Gasteiger partial charge in [0.2, 0.25) is 5.91 Å². The Morgan fingerprint density at radius 2 is 1.81 bits per heavy atom. The molecule has 8 N–H and O–H groups in total. The predicted molar refractivity (Wildman–Crippen MR) is 82.6 cm³/mol. The second-order valence-electron chi connectivity index (χ2n) is 5.83. The van der Waals surface area contributed by atoms with Crippen molar-refractivity contribution in [2.75, 3.05) is 33.5 Å². The van der Waals surface area contributed by atoms with Crippen LogP contribution in [0.2, 0.25) is 0 Å². The van der Waals surface area contributed by atoms with Crippen molar-refractivity contribution in [1.29, 1.82) is 0 Å². The minimum absolute atomic E-state index is 0.431. The molecule has 12 heteroatoms. The van der Waals surface area contributed by atoms with E-state index in [0.717, 1.165) is 0 Å². The topological polar surface area (TPSA) is 198 Å². The Morgan fingerprint density at radius 1 is 1.15 bits per heavy atom. The lowest BCUT2D eigenvalue weighted by Gasteiger charge is -2.41. The number of hydrogen-bond acceptors (Lipinski definition) is 11. The lowest BCUT2D eigenvalue weighted by Crippen LogP contribution is -2.60. The molecule has 1 amide bonds. The highest BCUT2D eigenvalue weighted by Crippen LogP contribution is 2.24. The molecule has 1 aliphatic heterocycles. The number of carbonyl (C=O) groups excluding carboxylic acids is 1. The molecule has 154 valence electrons. The molecule has 0 aromatic rings. The number of rotatable bonds is 10. The van der Waals surface area contributed by atoms with E-state index in [-0.39, 0.29) is 0 Å². The van der Waals surface area contributed by atoms with Crippen LogP contribution < -0.4 is 5.32 Å². The highest BCUT2D eigenvalue weighted by atomic mass is 16.7. The minimum Gasteiger partial charge on any atom is -0.394 e. The van der Waals surface area contributed by atoms with Gasteiger partial charge in [-0.3, -0.25) is 4.79 Å². The average molecular weight is 385 g/mol. The number of nitrogens with one attached hydrogen (secondary N) is 1. The highest BCUT2D eigenvalue weighted by molar-refractivity contribution is 5.77. The van der Waals surface area contributed by atoms with E-state index in [1.807, 2.05) is 0 Å². The molecule has 0 radical (unpaired) electrons. The van der Waals surface area contributed by atoms with Crippen LogP contribution in [-0.2, 0) is 19.0 Å². The molecule has 0 aromatic heterocycles. The fraction of sp³-hybridized carbons (Fsp3) is 0.929. The summed E-state index contributed by atoms with van der Waals surface area (Å²) in [7, 11) is 1.27. The Labute approximate surface area is 149 Å². The molecule has 0 aliphatic carbocycles. The molecule has 0 bridgehead atoms. The standard InChI is InChI=1S/C14H27NO11/c1-24-12-8(4-17)26-14(23)13(11(12)22)25-5-9(20)15-2-6(18)10(21)7(19)3-16/h6-8,10-14,16-19,21-23H,2-5H2,1H3,(H,15,20). The maximum Gasteiger partial charge on any atom is 0.246 e. The van der Waals surface area contributed by atoms with Gasteiger partial charge in [0.25, 0.3) is 0 Å².